The first kappa shape index (κ1) is 30.7. The SMILES string of the molecule is CCN(CC)CCOc1ccc(C(=O)NC2C/C(=C\c3ccc(F)c(F)c3)C(=O)/C(=C/c3ccc(F)c(F)c3)C2)cc1. The van der Waals surface area contributed by atoms with E-state index in [9.17, 15) is 27.2 Å². The average molecular weight is 581 g/mol. The van der Waals surface area contributed by atoms with Crippen LogP contribution in [0.25, 0.3) is 12.2 Å². The second kappa shape index (κ2) is 14.1. The Kier molecular flexibility index (Phi) is 10.3. The first-order chi connectivity index (χ1) is 20.2. The summed E-state index contributed by atoms with van der Waals surface area (Å²) in [6.07, 6.45) is 3.13. The van der Waals surface area contributed by atoms with Crippen molar-refractivity contribution in [1.29, 1.82) is 0 Å². The van der Waals surface area contributed by atoms with Gasteiger partial charge in [0.2, 0.25) is 0 Å². The van der Waals surface area contributed by atoms with Crippen molar-refractivity contribution in [3.8, 4) is 5.75 Å². The standard InChI is InChI=1S/C33H32F4N2O3/c1-3-39(4-2)13-14-42-27-9-7-23(8-10-27)33(41)38-26-19-24(15-21-5-11-28(34)30(36)17-21)32(40)25(20-26)16-22-6-12-29(35)31(37)18-22/h5-12,15-18,26H,3-4,13-14,19-20H2,1-2H3,(H,38,41)/b24-15+,25-16+. The fourth-order valence-electron chi connectivity index (χ4n) is 4.76. The Balaban J connectivity index is 1.53. The Morgan fingerprint density at radius 3 is 1.83 bits per heavy atom. The number of carbonyl (C=O) groups excluding carboxylic acids is 2. The van der Waals surface area contributed by atoms with Crippen LogP contribution in [0.5, 0.6) is 5.75 Å². The molecule has 220 valence electrons. The molecule has 1 saturated carbocycles. The molecule has 9 heteroatoms. The van der Waals surface area contributed by atoms with Crippen molar-refractivity contribution >= 4 is 23.8 Å². The average Bonchev–Trinajstić information content (AvgIpc) is 2.97. The minimum Gasteiger partial charge on any atom is -0.492 e. The number of nitrogens with zero attached hydrogens (tertiary/aromatic N) is 1. The highest BCUT2D eigenvalue weighted by molar-refractivity contribution is 6.14. The van der Waals surface area contributed by atoms with E-state index >= 15 is 0 Å². The lowest BCUT2D eigenvalue weighted by Crippen LogP contribution is -2.39. The highest BCUT2D eigenvalue weighted by Crippen LogP contribution is 2.29. The van der Waals surface area contributed by atoms with Crippen LogP contribution in [0.3, 0.4) is 0 Å². The molecule has 0 spiro atoms. The first-order valence-corrected chi connectivity index (χ1v) is 13.8. The van der Waals surface area contributed by atoms with Gasteiger partial charge in [-0.2, -0.15) is 0 Å². The monoisotopic (exact) mass is 580 g/mol. The van der Waals surface area contributed by atoms with Crippen LogP contribution in [-0.4, -0.2) is 48.9 Å². The number of Topliss-reactive ketones (excluding diaryl/α,β-unsaturated/α-hetero) is 1. The van der Waals surface area contributed by atoms with E-state index in [-0.39, 0.29) is 46.8 Å². The van der Waals surface area contributed by atoms with E-state index in [2.05, 4.69) is 24.1 Å². The minimum atomic E-state index is -1.06. The van der Waals surface area contributed by atoms with Gasteiger partial charge in [0.1, 0.15) is 12.4 Å². The summed E-state index contributed by atoms with van der Waals surface area (Å²) in [5.74, 6) is -4.28. The number of benzene rings is 3. The molecule has 0 aliphatic heterocycles. The number of hydrogen-bond acceptors (Lipinski definition) is 4. The summed E-state index contributed by atoms with van der Waals surface area (Å²) in [6, 6.07) is 12.7. The lowest BCUT2D eigenvalue weighted by molar-refractivity contribution is -0.113. The van der Waals surface area contributed by atoms with Crippen molar-refractivity contribution in [2.75, 3.05) is 26.2 Å². The molecule has 1 amide bonds. The number of halogens is 4. The van der Waals surface area contributed by atoms with Crippen molar-refractivity contribution in [2.24, 2.45) is 0 Å². The van der Waals surface area contributed by atoms with Gasteiger partial charge >= 0.3 is 0 Å². The molecule has 3 aromatic rings. The van der Waals surface area contributed by atoms with Gasteiger partial charge in [-0.05, 0) is 97.7 Å². The molecular weight excluding hydrogens is 548 g/mol. The van der Waals surface area contributed by atoms with Crippen LogP contribution in [0.1, 0.15) is 48.2 Å². The van der Waals surface area contributed by atoms with Crippen LogP contribution in [0.15, 0.2) is 71.8 Å². The molecule has 0 radical (unpaired) electrons. The fraction of sp³-hybridized carbons (Fsp3) is 0.273. The fourth-order valence-corrected chi connectivity index (χ4v) is 4.76. The van der Waals surface area contributed by atoms with E-state index in [1.807, 2.05) is 0 Å². The van der Waals surface area contributed by atoms with E-state index in [0.717, 1.165) is 43.9 Å². The molecule has 0 heterocycles. The first-order valence-electron chi connectivity index (χ1n) is 13.8. The van der Waals surface area contributed by atoms with Gasteiger partial charge in [-0.25, -0.2) is 17.6 Å². The van der Waals surface area contributed by atoms with Crippen molar-refractivity contribution < 1.29 is 31.9 Å². The molecule has 0 aromatic heterocycles. The van der Waals surface area contributed by atoms with E-state index in [4.69, 9.17) is 4.74 Å². The van der Waals surface area contributed by atoms with E-state index in [0.29, 0.717) is 17.9 Å². The Labute approximate surface area is 242 Å². The molecule has 1 fully saturated rings. The molecule has 0 saturated heterocycles. The zero-order valence-corrected chi connectivity index (χ0v) is 23.4. The summed E-state index contributed by atoms with van der Waals surface area (Å²) in [7, 11) is 0. The molecule has 0 unspecified atom stereocenters. The van der Waals surface area contributed by atoms with Crippen LogP contribution in [0.4, 0.5) is 17.6 Å². The van der Waals surface area contributed by atoms with Crippen molar-refractivity contribution in [1.82, 2.24) is 10.2 Å². The maximum atomic E-state index is 13.8. The zero-order chi connectivity index (χ0) is 30.2. The number of nitrogens with one attached hydrogen (secondary N) is 1. The second-order valence-electron chi connectivity index (χ2n) is 9.99. The zero-order valence-electron chi connectivity index (χ0n) is 23.4. The molecule has 1 aliphatic rings. The third-order valence-corrected chi connectivity index (χ3v) is 7.11. The molecule has 1 aliphatic carbocycles. The smallest absolute Gasteiger partial charge is 0.251 e. The van der Waals surface area contributed by atoms with Gasteiger partial charge in [0, 0.05) is 29.3 Å². The van der Waals surface area contributed by atoms with Gasteiger partial charge in [0.25, 0.3) is 5.91 Å². The molecule has 0 atom stereocenters. The summed E-state index contributed by atoms with van der Waals surface area (Å²) >= 11 is 0. The number of rotatable bonds is 10. The Morgan fingerprint density at radius 2 is 1.36 bits per heavy atom. The summed E-state index contributed by atoms with van der Waals surface area (Å²) < 4.78 is 60.3. The maximum absolute atomic E-state index is 13.8. The van der Waals surface area contributed by atoms with Crippen LogP contribution in [0, 0.1) is 23.3 Å². The molecular formula is C33H32F4N2O3. The lowest BCUT2D eigenvalue weighted by Gasteiger charge is -2.27. The predicted molar refractivity (Wildman–Crippen MR) is 154 cm³/mol. The Bertz CT molecular complexity index is 1420. The van der Waals surface area contributed by atoms with Gasteiger partial charge in [-0.3, -0.25) is 9.59 Å². The topological polar surface area (TPSA) is 58.6 Å². The number of ether oxygens (including phenoxy) is 1. The molecule has 4 rings (SSSR count). The number of ketones is 1. The summed E-state index contributed by atoms with van der Waals surface area (Å²) in [5.41, 5.74) is 1.44. The highest BCUT2D eigenvalue weighted by Gasteiger charge is 2.29. The van der Waals surface area contributed by atoms with Gasteiger partial charge in [-0.15, -0.1) is 0 Å². The van der Waals surface area contributed by atoms with Gasteiger partial charge in [0.15, 0.2) is 29.1 Å². The maximum Gasteiger partial charge on any atom is 0.251 e. The molecule has 0 bridgehead atoms. The molecule has 3 aromatic carbocycles. The van der Waals surface area contributed by atoms with Crippen LogP contribution < -0.4 is 10.1 Å². The lowest BCUT2D eigenvalue weighted by atomic mass is 9.83. The Morgan fingerprint density at radius 1 is 0.833 bits per heavy atom. The van der Waals surface area contributed by atoms with Gasteiger partial charge in [-0.1, -0.05) is 26.0 Å². The number of amides is 1. The van der Waals surface area contributed by atoms with Crippen molar-refractivity contribution in [3.63, 3.8) is 0 Å². The minimum absolute atomic E-state index is 0.130. The number of carbonyl (C=O) groups is 2. The van der Waals surface area contributed by atoms with E-state index in [1.165, 1.54) is 24.3 Å². The molecule has 5 nitrogen and oxygen atoms in total. The summed E-state index contributed by atoms with van der Waals surface area (Å²) in [4.78, 5) is 28.7. The number of hydrogen-bond donors (Lipinski definition) is 1. The van der Waals surface area contributed by atoms with E-state index in [1.54, 1.807) is 24.3 Å². The normalized spacial score (nSPS) is 17.2. The number of likely N-dealkylation sites (N-methyl/N-ethyl adjacent to an activating group) is 1. The van der Waals surface area contributed by atoms with E-state index < -0.39 is 29.3 Å². The second-order valence-corrected chi connectivity index (χ2v) is 9.99. The molecule has 1 N–H and O–H groups in total. The third kappa shape index (κ3) is 7.94. The largest absolute Gasteiger partial charge is 0.492 e. The molecule has 42 heavy (non-hydrogen) atoms. The summed E-state index contributed by atoms with van der Waals surface area (Å²) in [6.45, 7) is 7.34. The Hall–Kier alpha value is -4.24. The predicted octanol–water partition coefficient (Wildman–Crippen LogP) is 6.59. The quantitative estimate of drug-likeness (QED) is 0.217. The third-order valence-electron chi connectivity index (χ3n) is 7.11. The highest BCUT2D eigenvalue weighted by atomic mass is 19.2. The van der Waals surface area contributed by atoms with Gasteiger partial charge < -0.3 is 15.0 Å². The van der Waals surface area contributed by atoms with Crippen LogP contribution >= 0.6 is 0 Å². The van der Waals surface area contributed by atoms with Crippen LogP contribution in [0.2, 0.25) is 0 Å². The van der Waals surface area contributed by atoms with Crippen molar-refractivity contribution in [2.45, 2.75) is 32.7 Å². The van der Waals surface area contributed by atoms with Crippen molar-refractivity contribution in [3.05, 3.63) is 112 Å². The van der Waals surface area contributed by atoms with Crippen LogP contribution in [-0.2, 0) is 4.79 Å². The van der Waals surface area contributed by atoms with Gasteiger partial charge in [0.05, 0.1) is 0 Å². The summed E-state index contributed by atoms with van der Waals surface area (Å²) in [5, 5.41) is 2.93.